The molecule has 0 bridgehead atoms. The summed E-state index contributed by atoms with van der Waals surface area (Å²) in [6.45, 7) is 2.00. The highest BCUT2D eigenvalue weighted by atomic mass is 35.5. The number of benzene rings is 3. The molecule has 0 aliphatic carbocycles. The molecule has 176 valence electrons. The van der Waals surface area contributed by atoms with E-state index >= 15 is 0 Å². The first-order valence-electron chi connectivity index (χ1n) is 10.9. The Balaban J connectivity index is 0.00000274. The first-order valence-corrected chi connectivity index (χ1v) is 10.9. The van der Waals surface area contributed by atoms with Crippen molar-refractivity contribution in [2.24, 2.45) is 4.99 Å². The molecule has 2 heterocycles. The molecule has 0 radical (unpaired) electrons. The number of nitrogens with zero attached hydrogens (tertiary/aromatic N) is 2. The number of ether oxygens (including phenoxy) is 4. The molecular weight excluding hydrogens is 452 g/mol. The quantitative estimate of drug-likeness (QED) is 0.462. The van der Waals surface area contributed by atoms with Crippen LogP contribution >= 0.6 is 12.4 Å². The average molecular weight is 479 g/mol. The fourth-order valence-corrected chi connectivity index (χ4v) is 4.37. The monoisotopic (exact) mass is 478 g/mol. The van der Waals surface area contributed by atoms with Crippen LogP contribution in [0.5, 0.6) is 23.0 Å². The van der Waals surface area contributed by atoms with Crippen LogP contribution in [0.15, 0.2) is 65.7 Å². The summed E-state index contributed by atoms with van der Waals surface area (Å²) < 4.78 is 22.7. The van der Waals surface area contributed by atoms with Crippen molar-refractivity contribution in [3.8, 4) is 23.0 Å². The van der Waals surface area contributed by atoms with E-state index < -0.39 is 0 Å². The summed E-state index contributed by atoms with van der Waals surface area (Å²) in [6, 6.07) is 20.3. The molecule has 0 N–H and O–H groups in total. The lowest BCUT2D eigenvalue weighted by Gasteiger charge is -2.30. The Morgan fingerprint density at radius 2 is 1.50 bits per heavy atom. The van der Waals surface area contributed by atoms with Gasteiger partial charge in [-0.2, -0.15) is 0 Å². The van der Waals surface area contributed by atoms with Crippen molar-refractivity contribution in [3.63, 3.8) is 0 Å². The Kier molecular flexibility index (Phi) is 6.98. The Labute approximate surface area is 205 Å². The number of hydrogen-bond acceptors (Lipinski definition) is 6. The molecule has 2 aliphatic rings. The summed E-state index contributed by atoms with van der Waals surface area (Å²) in [5, 5.41) is 0. The minimum Gasteiger partial charge on any atom is -0.493 e. The first kappa shape index (κ1) is 23.5. The van der Waals surface area contributed by atoms with Gasteiger partial charge in [0.2, 0.25) is 5.75 Å². The van der Waals surface area contributed by atoms with Gasteiger partial charge in [0.1, 0.15) is 18.2 Å². The lowest BCUT2D eigenvalue weighted by Crippen LogP contribution is -2.30. The standard InChI is InChI=1S/C27H26N2O4.ClH/c1-30-24-14-18(15-25(31-2)26(24)32-3)17-33-23-11-7-6-10-21(23)22-16-19-8-4-5-9-20(19)27-28-12-13-29(22)27;/h4-11,14-16H,12-13,17H2,1-3H3;1H. The van der Waals surface area contributed by atoms with Gasteiger partial charge in [0, 0.05) is 17.7 Å². The molecule has 0 fully saturated rings. The predicted octanol–water partition coefficient (Wildman–Crippen LogP) is 5.29. The van der Waals surface area contributed by atoms with Crippen LogP contribution in [0, 0.1) is 0 Å². The number of fused-ring (bicyclic) bond motifs is 3. The second-order valence-corrected chi connectivity index (χ2v) is 7.79. The fourth-order valence-electron chi connectivity index (χ4n) is 4.37. The summed E-state index contributed by atoms with van der Waals surface area (Å²) in [4.78, 5) is 7.06. The molecule has 0 amide bonds. The number of aliphatic imine (C=N–C) groups is 1. The maximum Gasteiger partial charge on any atom is 0.203 e. The average Bonchev–Trinajstić information content (AvgIpc) is 3.37. The largest absolute Gasteiger partial charge is 0.493 e. The van der Waals surface area contributed by atoms with Crippen molar-refractivity contribution in [1.82, 2.24) is 4.90 Å². The zero-order valence-corrected chi connectivity index (χ0v) is 20.2. The van der Waals surface area contributed by atoms with E-state index in [2.05, 4.69) is 41.3 Å². The maximum absolute atomic E-state index is 6.33. The lowest BCUT2D eigenvalue weighted by molar-refractivity contribution is 0.297. The minimum atomic E-state index is 0. The molecule has 34 heavy (non-hydrogen) atoms. The van der Waals surface area contributed by atoms with E-state index in [-0.39, 0.29) is 12.4 Å². The minimum absolute atomic E-state index is 0. The van der Waals surface area contributed by atoms with E-state index in [0.717, 1.165) is 41.5 Å². The number of para-hydroxylation sites is 1. The molecule has 0 aromatic heterocycles. The van der Waals surface area contributed by atoms with Gasteiger partial charge in [-0.1, -0.05) is 36.4 Å². The molecule has 7 heteroatoms. The zero-order chi connectivity index (χ0) is 22.8. The Hall–Kier alpha value is -3.64. The molecule has 0 atom stereocenters. The van der Waals surface area contributed by atoms with E-state index in [0.29, 0.717) is 23.9 Å². The molecule has 2 aliphatic heterocycles. The summed E-state index contributed by atoms with van der Waals surface area (Å²) >= 11 is 0. The van der Waals surface area contributed by atoms with Gasteiger partial charge < -0.3 is 23.8 Å². The number of halogens is 1. The van der Waals surface area contributed by atoms with Gasteiger partial charge in [-0.05, 0) is 41.5 Å². The molecule has 0 saturated carbocycles. The molecule has 6 nitrogen and oxygen atoms in total. The lowest BCUT2D eigenvalue weighted by atomic mass is 9.97. The van der Waals surface area contributed by atoms with Crippen molar-refractivity contribution in [2.75, 3.05) is 34.4 Å². The van der Waals surface area contributed by atoms with Gasteiger partial charge >= 0.3 is 0 Å². The van der Waals surface area contributed by atoms with Crippen molar-refractivity contribution in [1.29, 1.82) is 0 Å². The second-order valence-electron chi connectivity index (χ2n) is 7.79. The normalized spacial score (nSPS) is 13.7. The van der Waals surface area contributed by atoms with Crippen LogP contribution in [0.4, 0.5) is 0 Å². The predicted molar refractivity (Wildman–Crippen MR) is 137 cm³/mol. The van der Waals surface area contributed by atoms with Gasteiger partial charge in [0.15, 0.2) is 11.5 Å². The Morgan fingerprint density at radius 3 is 2.21 bits per heavy atom. The summed E-state index contributed by atoms with van der Waals surface area (Å²) in [5.41, 5.74) is 5.41. The molecule has 0 saturated heterocycles. The van der Waals surface area contributed by atoms with Crippen molar-refractivity contribution < 1.29 is 18.9 Å². The number of hydrogen-bond donors (Lipinski definition) is 0. The van der Waals surface area contributed by atoms with Crippen LogP contribution < -0.4 is 18.9 Å². The van der Waals surface area contributed by atoms with Gasteiger partial charge in [0.25, 0.3) is 0 Å². The Bertz CT molecular complexity index is 1230. The Morgan fingerprint density at radius 1 is 0.824 bits per heavy atom. The number of methoxy groups -OCH3 is 3. The highest BCUT2D eigenvalue weighted by molar-refractivity contribution is 6.12. The van der Waals surface area contributed by atoms with E-state index in [1.165, 1.54) is 11.1 Å². The topological polar surface area (TPSA) is 52.5 Å². The third-order valence-electron chi connectivity index (χ3n) is 5.91. The number of rotatable bonds is 7. The highest BCUT2D eigenvalue weighted by Crippen LogP contribution is 2.40. The second kappa shape index (κ2) is 10.1. The van der Waals surface area contributed by atoms with Gasteiger partial charge in [-0.25, -0.2) is 0 Å². The van der Waals surface area contributed by atoms with Crippen LogP contribution in [0.3, 0.4) is 0 Å². The molecule has 5 rings (SSSR count). The highest BCUT2D eigenvalue weighted by Gasteiger charge is 2.29. The summed E-state index contributed by atoms with van der Waals surface area (Å²) in [5.74, 6) is 3.61. The fraction of sp³-hybridized carbons (Fsp3) is 0.222. The summed E-state index contributed by atoms with van der Waals surface area (Å²) in [6.07, 6.45) is 2.22. The van der Waals surface area contributed by atoms with Crippen LogP contribution in [-0.4, -0.2) is 45.2 Å². The molecule has 0 spiro atoms. The van der Waals surface area contributed by atoms with Crippen LogP contribution in [0.25, 0.3) is 11.8 Å². The molecule has 3 aromatic rings. The van der Waals surface area contributed by atoms with E-state index in [1.807, 2.05) is 30.3 Å². The summed E-state index contributed by atoms with van der Waals surface area (Å²) in [7, 11) is 4.82. The smallest absolute Gasteiger partial charge is 0.203 e. The van der Waals surface area contributed by atoms with Crippen molar-refractivity contribution in [2.45, 2.75) is 6.61 Å². The van der Waals surface area contributed by atoms with E-state index in [4.69, 9.17) is 23.9 Å². The van der Waals surface area contributed by atoms with Gasteiger partial charge in [-0.15, -0.1) is 12.4 Å². The molecule has 3 aromatic carbocycles. The van der Waals surface area contributed by atoms with Crippen LogP contribution in [-0.2, 0) is 6.61 Å². The van der Waals surface area contributed by atoms with Crippen LogP contribution in [0.2, 0.25) is 0 Å². The van der Waals surface area contributed by atoms with E-state index in [1.54, 1.807) is 21.3 Å². The van der Waals surface area contributed by atoms with Gasteiger partial charge in [0.05, 0.1) is 33.6 Å². The third-order valence-corrected chi connectivity index (χ3v) is 5.91. The third kappa shape index (κ3) is 4.17. The van der Waals surface area contributed by atoms with Crippen LogP contribution in [0.1, 0.15) is 22.3 Å². The maximum atomic E-state index is 6.33. The number of amidine groups is 1. The first-order chi connectivity index (χ1) is 16.2. The van der Waals surface area contributed by atoms with Crippen molar-refractivity contribution >= 4 is 30.0 Å². The zero-order valence-electron chi connectivity index (χ0n) is 19.4. The van der Waals surface area contributed by atoms with Crippen molar-refractivity contribution in [3.05, 3.63) is 82.9 Å². The van der Waals surface area contributed by atoms with E-state index in [9.17, 15) is 0 Å². The SMILES string of the molecule is COc1cc(COc2ccccc2C2=Cc3ccccc3C3=NCCN23)cc(OC)c1OC.Cl. The molecule has 0 unspecified atom stereocenters. The van der Waals surface area contributed by atoms with Gasteiger partial charge in [-0.3, -0.25) is 4.99 Å². The molecular formula is C27H27ClN2O4.